The van der Waals surface area contributed by atoms with Crippen molar-refractivity contribution in [2.24, 2.45) is 10.3 Å². The fourth-order valence-corrected chi connectivity index (χ4v) is 6.57. The highest BCUT2D eigenvalue weighted by Gasteiger charge is 2.39. The number of aryl methyl sites for hydroxylation is 1. The van der Waals surface area contributed by atoms with E-state index in [4.69, 9.17) is 0 Å². The first-order chi connectivity index (χ1) is 14.8. The van der Waals surface area contributed by atoms with Crippen molar-refractivity contribution in [2.45, 2.75) is 43.2 Å². The third-order valence-electron chi connectivity index (χ3n) is 4.43. The molecule has 0 saturated carbocycles. The van der Waals surface area contributed by atoms with Crippen molar-refractivity contribution in [3.8, 4) is 0 Å². The first kappa shape index (κ1) is 26.5. The van der Waals surface area contributed by atoms with Crippen LogP contribution in [0.4, 0.5) is 18.9 Å². The molecule has 11 heteroatoms. The van der Waals surface area contributed by atoms with Gasteiger partial charge in [-0.15, -0.1) is 0 Å². The molecule has 1 atom stereocenters. The van der Waals surface area contributed by atoms with Crippen LogP contribution in [0.3, 0.4) is 0 Å². The molecule has 5 nitrogen and oxygen atoms in total. The molecule has 0 spiro atoms. The van der Waals surface area contributed by atoms with E-state index in [0.29, 0.717) is 10.2 Å². The van der Waals surface area contributed by atoms with Crippen molar-refractivity contribution in [1.29, 1.82) is 0 Å². The van der Waals surface area contributed by atoms with Gasteiger partial charge in [-0.25, -0.2) is 8.42 Å². The summed E-state index contributed by atoms with van der Waals surface area (Å²) in [4.78, 5) is 11.4. The van der Waals surface area contributed by atoms with Crippen LogP contribution in [0.1, 0.15) is 26.3 Å². The summed E-state index contributed by atoms with van der Waals surface area (Å²) in [6.45, 7) is 5.99. The number of alkyl halides is 3. The maximum absolute atomic E-state index is 13.5. The molecule has 0 aliphatic rings. The molecule has 0 bridgehead atoms. The van der Waals surface area contributed by atoms with Gasteiger partial charge in [0.15, 0.2) is 0 Å². The van der Waals surface area contributed by atoms with Crippen LogP contribution in [0, 0.1) is 5.92 Å². The van der Waals surface area contributed by atoms with Gasteiger partial charge < -0.3 is 0 Å². The Morgan fingerprint density at radius 2 is 1.75 bits per heavy atom. The summed E-state index contributed by atoms with van der Waals surface area (Å²) >= 11 is 3.22. The SMILES string of the molecule is CCc1ccc(N(CC(C)C)S(=O)(=O)c2ccc(Br)c(/S(C)=N/C(=O)C(F)(F)F)c2)cc1. The van der Waals surface area contributed by atoms with Gasteiger partial charge in [0.05, 0.1) is 10.6 Å². The first-order valence-corrected chi connectivity index (χ1v) is 13.5. The number of rotatable bonds is 7. The van der Waals surface area contributed by atoms with Crippen LogP contribution in [0.25, 0.3) is 0 Å². The monoisotopic (exact) mass is 552 g/mol. The van der Waals surface area contributed by atoms with Crippen LogP contribution in [-0.2, 0) is 31.9 Å². The predicted octanol–water partition coefficient (Wildman–Crippen LogP) is 5.74. The van der Waals surface area contributed by atoms with Crippen molar-refractivity contribution in [3.05, 3.63) is 52.5 Å². The fraction of sp³-hybridized carbons (Fsp3) is 0.381. The second-order valence-corrected chi connectivity index (χ2v) is 11.7. The Kier molecular flexibility index (Phi) is 8.69. The van der Waals surface area contributed by atoms with Crippen molar-refractivity contribution < 1.29 is 26.4 Å². The molecule has 0 heterocycles. The summed E-state index contributed by atoms with van der Waals surface area (Å²) in [5.41, 5.74) is 1.56. The van der Waals surface area contributed by atoms with Crippen LogP contribution < -0.4 is 4.31 Å². The van der Waals surface area contributed by atoms with Crippen LogP contribution in [0.15, 0.2) is 61.1 Å². The van der Waals surface area contributed by atoms with E-state index in [2.05, 4.69) is 20.3 Å². The van der Waals surface area contributed by atoms with E-state index in [9.17, 15) is 26.4 Å². The lowest BCUT2D eigenvalue weighted by molar-refractivity contribution is -0.169. The van der Waals surface area contributed by atoms with Crippen LogP contribution >= 0.6 is 15.9 Å². The molecule has 32 heavy (non-hydrogen) atoms. The Morgan fingerprint density at radius 3 is 2.25 bits per heavy atom. The topological polar surface area (TPSA) is 66.8 Å². The number of carbonyl (C=O) groups excluding carboxylic acids is 1. The van der Waals surface area contributed by atoms with Gasteiger partial charge in [-0.1, -0.05) is 43.6 Å². The smallest absolute Gasteiger partial charge is 0.266 e. The number of hydrogen-bond donors (Lipinski definition) is 0. The third-order valence-corrected chi connectivity index (χ3v) is 8.59. The van der Waals surface area contributed by atoms with E-state index in [-0.39, 0.29) is 22.3 Å². The zero-order chi connectivity index (χ0) is 24.3. The van der Waals surface area contributed by atoms with Crippen molar-refractivity contribution in [1.82, 2.24) is 0 Å². The summed E-state index contributed by atoms with van der Waals surface area (Å²) in [5, 5.41) is 0. The normalized spacial score (nSPS) is 13.4. The molecule has 0 aliphatic heterocycles. The zero-order valence-corrected chi connectivity index (χ0v) is 21.2. The van der Waals surface area contributed by atoms with E-state index in [1.807, 2.05) is 32.9 Å². The minimum absolute atomic E-state index is 0.0192. The minimum Gasteiger partial charge on any atom is -0.266 e. The molecule has 1 amide bonds. The molecule has 176 valence electrons. The molecular formula is C21H24BrF3N2O3S2. The van der Waals surface area contributed by atoms with E-state index in [1.165, 1.54) is 28.8 Å². The van der Waals surface area contributed by atoms with Gasteiger partial charge in [0.1, 0.15) is 0 Å². The summed E-state index contributed by atoms with van der Waals surface area (Å²) in [6, 6.07) is 11.3. The number of hydrogen-bond acceptors (Lipinski definition) is 3. The van der Waals surface area contributed by atoms with Crippen molar-refractivity contribution in [2.75, 3.05) is 17.1 Å². The van der Waals surface area contributed by atoms with E-state index >= 15 is 0 Å². The highest BCUT2D eigenvalue weighted by atomic mass is 79.9. The second kappa shape index (κ2) is 10.5. The molecule has 0 radical (unpaired) electrons. The Labute approximate surface area is 197 Å². The molecule has 0 N–H and O–H groups in total. The molecule has 0 saturated heterocycles. The van der Waals surface area contributed by atoms with E-state index < -0.39 is 32.8 Å². The van der Waals surface area contributed by atoms with Crippen LogP contribution in [0.5, 0.6) is 0 Å². The van der Waals surface area contributed by atoms with Gasteiger partial charge in [0.2, 0.25) is 0 Å². The molecule has 0 aliphatic carbocycles. The fourth-order valence-electron chi connectivity index (χ4n) is 2.79. The molecule has 2 aromatic carbocycles. The molecule has 2 rings (SSSR count). The number of halogens is 4. The van der Waals surface area contributed by atoms with Gasteiger partial charge in [0.25, 0.3) is 10.0 Å². The number of anilines is 1. The Balaban J connectivity index is 2.56. The number of nitrogens with zero attached hydrogens (tertiary/aromatic N) is 2. The van der Waals surface area contributed by atoms with Gasteiger partial charge in [-0.05, 0) is 70.4 Å². The molecule has 0 fully saturated rings. The number of benzene rings is 2. The highest BCUT2D eigenvalue weighted by molar-refractivity contribution is 9.10. The lowest BCUT2D eigenvalue weighted by atomic mass is 10.1. The van der Waals surface area contributed by atoms with Crippen molar-refractivity contribution in [3.63, 3.8) is 0 Å². The average molecular weight is 553 g/mol. The average Bonchev–Trinajstić information content (AvgIpc) is 2.71. The molecule has 0 aromatic heterocycles. The molecule has 1 unspecified atom stereocenters. The zero-order valence-electron chi connectivity index (χ0n) is 18.0. The van der Waals surface area contributed by atoms with Crippen LogP contribution in [0.2, 0.25) is 0 Å². The van der Waals surface area contributed by atoms with Gasteiger partial charge >= 0.3 is 12.1 Å². The lowest BCUT2D eigenvalue weighted by Gasteiger charge is -2.27. The second-order valence-electron chi connectivity index (χ2n) is 7.41. The predicted molar refractivity (Wildman–Crippen MR) is 124 cm³/mol. The number of amides is 1. The Morgan fingerprint density at radius 1 is 1.16 bits per heavy atom. The minimum atomic E-state index is -5.09. The van der Waals surface area contributed by atoms with Gasteiger partial charge in [-0.2, -0.15) is 17.5 Å². The number of carbonyl (C=O) groups is 1. The Bertz CT molecular complexity index is 1120. The van der Waals surface area contributed by atoms with Gasteiger partial charge in [-0.3, -0.25) is 9.10 Å². The summed E-state index contributed by atoms with van der Waals surface area (Å²) in [7, 11) is -5.54. The standard InChI is InChI=1S/C21H24BrF3N2O3S2/c1-5-15-6-8-16(9-7-15)27(13-14(2)3)32(29,30)17-10-11-18(22)19(12-17)31(4)26-20(28)21(23,24)25/h6-12,14H,5,13H2,1-4H3. The molecular weight excluding hydrogens is 529 g/mol. The number of sulfonamides is 1. The van der Waals surface area contributed by atoms with Crippen molar-refractivity contribution >= 4 is 48.2 Å². The first-order valence-electron chi connectivity index (χ1n) is 9.67. The van der Waals surface area contributed by atoms with Gasteiger partial charge in [0, 0.05) is 15.9 Å². The highest BCUT2D eigenvalue weighted by Crippen LogP contribution is 2.30. The maximum Gasteiger partial charge on any atom is 0.474 e. The van der Waals surface area contributed by atoms with E-state index in [0.717, 1.165) is 12.0 Å². The summed E-state index contributed by atoms with van der Waals surface area (Å²) in [5.74, 6) is -2.19. The maximum atomic E-state index is 13.5. The molecule has 2 aromatic rings. The quantitative estimate of drug-likeness (QED) is 0.439. The van der Waals surface area contributed by atoms with E-state index in [1.54, 1.807) is 12.1 Å². The van der Waals surface area contributed by atoms with Crippen LogP contribution in [-0.4, -0.2) is 33.3 Å². The summed E-state index contributed by atoms with van der Waals surface area (Å²) < 4.78 is 69.7. The largest absolute Gasteiger partial charge is 0.474 e. The Hall–Kier alpha value is -1.72. The summed E-state index contributed by atoms with van der Waals surface area (Å²) in [6.07, 6.45) is -2.95. The lowest BCUT2D eigenvalue weighted by Crippen LogP contribution is -2.34. The third kappa shape index (κ3) is 6.41.